The summed E-state index contributed by atoms with van der Waals surface area (Å²) in [5.41, 5.74) is 14.9. The minimum absolute atomic E-state index is 0. The molecule has 0 bridgehead atoms. The first-order valence-corrected chi connectivity index (χ1v) is 28.6. The van der Waals surface area contributed by atoms with E-state index in [4.69, 9.17) is 17.1 Å². The van der Waals surface area contributed by atoms with Gasteiger partial charge in [-0.3, -0.25) is 4.98 Å². The van der Waals surface area contributed by atoms with Gasteiger partial charge in [0.05, 0.1) is 22.4 Å². The summed E-state index contributed by atoms with van der Waals surface area (Å²) in [5.74, 6) is 7.60. The molecule has 0 saturated heterocycles. The van der Waals surface area contributed by atoms with E-state index in [2.05, 4.69) is 146 Å². The van der Waals surface area contributed by atoms with Crippen molar-refractivity contribution in [2.45, 2.75) is 84.4 Å². The number of rotatable bonds is 7. The molecular formula is C55H56GeIrN4O-2. The molecular weight excluding hydrogens is 997 g/mol. The molecule has 4 aromatic heterocycles. The normalized spacial score (nSPS) is 12.6. The van der Waals surface area contributed by atoms with E-state index in [-0.39, 0.29) is 31.4 Å². The number of hydrogen-bond acceptors (Lipinski definition) is 4. The number of furan rings is 1. The second-order valence-corrected chi connectivity index (χ2v) is 29.1. The summed E-state index contributed by atoms with van der Waals surface area (Å²) in [6, 6.07) is 46.3. The van der Waals surface area contributed by atoms with Gasteiger partial charge >= 0.3 is 154 Å². The van der Waals surface area contributed by atoms with Crippen molar-refractivity contribution in [1.82, 2.24) is 19.5 Å². The predicted octanol–water partition coefficient (Wildman–Crippen LogP) is 14.0. The van der Waals surface area contributed by atoms with Gasteiger partial charge in [0.2, 0.25) is 5.71 Å². The standard InChI is InChI=1S/C33H24N3O.C22H32GeN.Ir/c1-20-18-24(23-10-5-4-6-11-23)19-21(2)30(20)36-29-15-8-7-14-28(29)35-32(36)27-13-9-12-25-26-17-16-22(3)34-33(26)37-31(25)27;1-16(2)12-18-14-21(24-15-20(18)23(6,7)8)17-10-9-11-19(13-17)22(3,4)5;/h4-12,14-19H,1-3H3;9,11,13-16H,12H2,1-8H3;/q2*-1;/i;12D2;. The molecule has 9 rings (SSSR count). The first-order chi connectivity index (χ1) is 29.8. The Morgan fingerprint density at radius 3 is 2.16 bits per heavy atom. The Hall–Kier alpha value is -5.14. The smallest absolute Gasteiger partial charge is 0 e. The van der Waals surface area contributed by atoms with Gasteiger partial charge in [-0.1, -0.05) is 53.4 Å². The van der Waals surface area contributed by atoms with Gasteiger partial charge in [-0.15, -0.1) is 18.2 Å². The Balaban J connectivity index is 0.000000202. The minimum atomic E-state index is -2.25. The van der Waals surface area contributed by atoms with Gasteiger partial charge in [0.1, 0.15) is 0 Å². The average Bonchev–Trinajstić information content (AvgIpc) is 3.81. The van der Waals surface area contributed by atoms with E-state index in [0.29, 0.717) is 5.71 Å². The molecule has 0 N–H and O–H groups in total. The van der Waals surface area contributed by atoms with Crippen LogP contribution in [0.15, 0.2) is 126 Å². The van der Waals surface area contributed by atoms with Crippen LogP contribution in [0.1, 0.15) is 65.3 Å². The van der Waals surface area contributed by atoms with Crippen molar-refractivity contribution in [2.24, 2.45) is 5.92 Å². The van der Waals surface area contributed by atoms with Crippen molar-refractivity contribution in [2.75, 3.05) is 0 Å². The number of hydrogen-bond donors (Lipinski definition) is 0. The molecule has 5 nitrogen and oxygen atoms in total. The zero-order valence-electron chi connectivity index (χ0n) is 39.7. The molecule has 7 heteroatoms. The zero-order chi connectivity index (χ0) is 45.0. The molecule has 4 heterocycles. The number of imidazole rings is 1. The third kappa shape index (κ3) is 9.15. The van der Waals surface area contributed by atoms with Crippen molar-refractivity contribution in [3.8, 4) is 39.5 Å². The van der Waals surface area contributed by atoms with Crippen LogP contribution in [0.3, 0.4) is 0 Å². The van der Waals surface area contributed by atoms with E-state index in [9.17, 15) is 0 Å². The monoisotopic (exact) mass is 1060 g/mol. The summed E-state index contributed by atoms with van der Waals surface area (Å²) in [5, 5.41) is 2.01. The second-order valence-electron chi connectivity index (χ2n) is 18.5. The molecule has 0 aliphatic heterocycles. The molecule has 0 unspecified atom stereocenters. The fraction of sp³-hybridized carbons (Fsp3) is 0.255. The average molecular weight is 1060 g/mol. The maximum absolute atomic E-state index is 8.70. The topological polar surface area (TPSA) is 56.7 Å². The molecule has 0 fully saturated rings. The van der Waals surface area contributed by atoms with E-state index in [1.54, 1.807) is 0 Å². The van der Waals surface area contributed by atoms with Crippen molar-refractivity contribution >= 4 is 50.8 Å². The zero-order valence-corrected chi connectivity index (χ0v) is 42.1. The van der Waals surface area contributed by atoms with Crippen molar-refractivity contribution in [3.05, 3.63) is 162 Å². The van der Waals surface area contributed by atoms with Crippen LogP contribution < -0.4 is 4.40 Å². The molecule has 0 atom stereocenters. The largest absolute Gasteiger partial charge is 0 e. The van der Waals surface area contributed by atoms with Crippen LogP contribution in [0.2, 0.25) is 17.3 Å². The number of aryl methyl sites for hydroxylation is 3. The van der Waals surface area contributed by atoms with Crippen LogP contribution in [-0.4, -0.2) is 32.8 Å². The summed E-state index contributed by atoms with van der Waals surface area (Å²) in [6.07, 6.45) is 0.565. The Bertz CT molecular complexity index is 3120. The summed E-state index contributed by atoms with van der Waals surface area (Å²) in [7, 11) is 0. The van der Waals surface area contributed by atoms with Crippen LogP contribution in [-0.2, 0) is 31.9 Å². The summed E-state index contributed by atoms with van der Waals surface area (Å²) in [4.78, 5) is 14.5. The van der Waals surface area contributed by atoms with Gasteiger partial charge in [0, 0.05) is 36.9 Å². The SMILES string of the molecule is Cc1ccc2c(n1)oc1c(-c3nc4ccccc4n3-c3c(C)cc(-c4ccccc4)cc3C)[c-]ccc12.[2H]C([2H])(c1cc(-c2[c-]ccc(C(C)(C)C)c2)nc[c]1[Ge]([CH3])([CH3])[CH3])C(C)C.[Ir]. The number of aromatic nitrogens is 4. The van der Waals surface area contributed by atoms with E-state index < -0.39 is 19.6 Å². The van der Waals surface area contributed by atoms with Gasteiger partial charge in [-0.25, -0.2) is 4.98 Å². The van der Waals surface area contributed by atoms with Gasteiger partial charge in [-0.05, 0) is 79.4 Å². The van der Waals surface area contributed by atoms with E-state index in [0.717, 1.165) is 71.4 Å². The second kappa shape index (κ2) is 17.9. The third-order valence-electron chi connectivity index (χ3n) is 11.1. The number of para-hydroxylation sites is 2. The molecule has 0 aliphatic carbocycles. The number of nitrogens with zero attached hydrogens (tertiary/aromatic N) is 4. The van der Waals surface area contributed by atoms with Crippen LogP contribution in [0.5, 0.6) is 0 Å². The Kier molecular flexibility index (Phi) is 12.2. The minimum Gasteiger partial charge on any atom is 0 e. The molecule has 1 radical (unpaired) electrons. The molecule has 317 valence electrons. The Morgan fingerprint density at radius 2 is 1.47 bits per heavy atom. The third-order valence-corrected chi connectivity index (χ3v) is 15.4. The van der Waals surface area contributed by atoms with Crippen molar-refractivity contribution < 1.29 is 27.3 Å². The maximum Gasteiger partial charge on any atom is 0 e. The number of pyridine rings is 2. The van der Waals surface area contributed by atoms with Gasteiger partial charge < -0.3 is 8.98 Å². The molecule has 9 aromatic rings. The molecule has 0 aliphatic rings. The van der Waals surface area contributed by atoms with Crippen LogP contribution in [0.4, 0.5) is 0 Å². The molecule has 0 saturated carbocycles. The predicted molar refractivity (Wildman–Crippen MR) is 259 cm³/mol. The van der Waals surface area contributed by atoms with Crippen molar-refractivity contribution in [3.63, 3.8) is 0 Å². The van der Waals surface area contributed by atoms with Crippen LogP contribution in [0, 0.1) is 38.8 Å². The summed E-state index contributed by atoms with van der Waals surface area (Å²) < 4.78 is 27.2. The number of fused-ring (bicyclic) bond motifs is 4. The summed E-state index contributed by atoms with van der Waals surface area (Å²) in [6.45, 7) is 16.8. The first kappa shape index (κ1) is 42.2. The fourth-order valence-electron chi connectivity index (χ4n) is 8.12. The van der Waals surface area contributed by atoms with Crippen LogP contribution in [0.25, 0.3) is 72.6 Å². The van der Waals surface area contributed by atoms with Gasteiger partial charge in [-0.2, -0.15) is 0 Å². The Morgan fingerprint density at radius 1 is 0.774 bits per heavy atom. The van der Waals surface area contributed by atoms with Gasteiger partial charge in [0.25, 0.3) is 0 Å². The van der Waals surface area contributed by atoms with Crippen LogP contribution >= 0.6 is 0 Å². The van der Waals surface area contributed by atoms with Gasteiger partial charge in [0.15, 0.2) is 0 Å². The number of benzene rings is 5. The van der Waals surface area contributed by atoms with E-state index in [1.165, 1.54) is 27.8 Å². The quantitative estimate of drug-likeness (QED) is 0.118. The van der Waals surface area contributed by atoms with Crippen molar-refractivity contribution in [1.29, 1.82) is 0 Å². The fourth-order valence-corrected chi connectivity index (χ4v) is 11.1. The molecule has 5 aromatic carbocycles. The van der Waals surface area contributed by atoms with E-state index in [1.807, 2.05) is 69.4 Å². The first-order valence-electron chi connectivity index (χ1n) is 22.2. The molecule has 62 heavy (non-hydrogen) atoms. The molecule has 0 spiro atoms. The maximum atomic E-state index is 8.70. The Labute approximate surface area is 386 Å². The summed E-state index contributed by atoms with van der Waals surface area (Å²) >= 11 is -2.25. The van der Waals surface area contributed by atoms with E-state index >= 15 is 0 Å². The molecule has 0 amide bonds.